The maximum Gasteiger partial charge on any atom is 0.0110 e. The van der Waals surface area contributed by atoms with Crippen molar-refractivity contribution >= 4 is 0 Å². The average Bonchev–Trinajstić information content (AvgIpc) is 2.31. The molecule has 16 heavy (non-hydrogen) atoms. The molecule has 1 aliphatic rings. The van der Waals surface area contributed by atoms with Gasteiger partial charge in [-0.3, -0.25) is 0 Å². The molecule has 1 heterocycles. The van der Waals surface area contributed by atoms with Gasteiger partial charge in [-0.05, 0) is 31.8 Å². The van der Waals surface area contributed by atoms with Crippen LogP contribution in [0.4, 0.5) is 0 Å². The lowest BCUT2D eigenvalue weighted by Gasteiger charge is -2.36. The molecule has 2 N–H and O–H groups in total. The quantitative estimate of drug-likeness (QED) is 0.713. The second kappa shape index (κ2) is 8.04. The lowest BCUT2D eigenvalue weighted by molar-refractivity contribution is 0.115. The zero-order valence-corrected chi connectivity index (χ0v) is 11.1. The molecule has 1 fully saturated rings. The van der Waals surface area contributed by atoms with Gasteiger partial charge in [-0.2, -0.15) is 0 Å². The summed E-state index contributed by atoms with van der Waals surface area (Å²) >= 11 is 0. The minimum Gasteiger partial charge on any atom is -0.330 e. The van der Waals surface area contributed by atoms with Crippen LogP contribution in [0, 0.1) is 5.92 Å². The van der Waals surface area contributed by atoms with Crippen LogP contribution in [0.5, 0.6) is 0 Å². The molecule has 1 saturated heterocycles. The van der Waals surface area contributed by atoms with E-state index in [1.807, 2.05) is 0 Å². The summed E-state index contributed by atoms with van der Waals surface area (Å²) in [6, 6.07) is 0. The van der Waals surface area contributed by atoms with Crippen LogP contribution in [0.2, 0.25) is 0 Å². The van der Waals surface area contributed by atoms with Gasteiger partial charge in [-0.15, -0.1) is 0 Å². The molecule has 96 valence electrons. The van der Waals surface area contributed by atoms with Crippen LogP contribution < -0.4 is 5.73 Å². The van der Waals surface area contributed by atoms with Crippen molar-refractivity contribution < 1.29 is 0 Å². The van der Waals surface area contributed by atoms with Crippen molar-refractivity contribution in [2.24, 2.45) is 11.7 Å². The Balaban J connectivity index is 2.20. The predicted octanol–water partition coefficient (Wildman–Crippen LogP) is 1.39. The Hall–Kier alpha value is -0.120. The third kappa shape index (κ3) is 4.81. The maximum absolute atomic E-state index is 5.64. The van der Waals surface area contributed by atoms with Gasteiger partial charge < -0.3 is 15.5 Å². The van der Waals surface area contributed by atoms with E-state index in [1.54, 1.807) is 0 Å². The molecule has 3 heteroatoms. The van der Waals surface area contributed by atoms with Crippen LogP contribution >= 0.6 is 0 Å². The van der Waals surface area contributed by atoms with E-state index in [4.69, 9.17) is 5.73 Å². The van der Waals surface area contributed by atoms with Crippen molar-refractivity contribution in [3.05, 3.63) is 0 Å². The second-order valence-corrected chi connectivity index (χ2v) is 4.99. The van der Waals surface area contributed by atoms with Gasteiger partial charge in [0.2, 0.25) is 0 Å². The molecule has 0 amide bonds. The molecular formula is C13H29N3. The summed E-state index contributed by atoms with van der Waals surface area (Å²) in [6.07, 6.45) is 3.74. The van der Waals surface area contributed by atoms with E-state index in [9.17, 15) is 0 Å². The molecule has 0 radical (unpaired) electrons. The molecule has 3 nitrogen and oxygen atoms in total. The SMILES string of the molecule is CCCN1CCN(CC(CC)CCN)CC1. The van der Waals surface area contributed by atoms with Gasteiger partial charge in [-0.1, -0.05) is 20.3 Å². The fourth-order valence-electron chi connectivity index (χ4n) is 2.54. The second-order valence-electron chi connectivity index (χ2n) is 4.99. The van der Waals surface area contributed by atoms with Gasteiger partial charge in [0.1, 0.15) is 0 Å². The molecule has 1 aliphatic heterocycles. The summed E-state index contributed by atoms with van der Waals surface area (Å²) in [7, 11) is 0. The van der Waals surface area contributed by atoms with E-state index < -0.39 is 0 Å². The Morgan fingerprint density at radius 1 is 1.06 bits per heavy atom. The lowest BCUT2D eigenvalue weighted by atomic mass is 10.0. The van der Waals surface area contributed by atoms with E-state index in [2.05, 4.69) is 23.6 Å². The van der Waals surface area contributed by atoms with E-state index in [0.29, 0.717) is 0 Å². The van der Waals surface area contributed by atoms with Crippen molar-refractivity contribution in [1.29, 1.82) is 0 Å². The minimum absolute atomic E-state index is 0.808. The van der Waals surface area contributed by atoms with Crippen LogP contribution in [-0.2, 0) is 0 Å². The van der Waals surface area contributed by atoms with Crippen LogP contribution in [0.1, 0.15) is 33.1 Å². The number of rotatable bonds is 7. The molecular weight excluding hydrogens is 198 g/mol. The Bertz CT molecular complexity index is 165. The topological polar surface area (TPSA) is 32.5 Å². The third-order valence-corrected chi connectivity index (χ3v) is 3.67. The zero-order valence-electron chi connectivity index (χ0n) is 11.1. The molecule has 0 aromatic heterocycles. The van der Waals surface area contributed by atoms with E-state index in [1.165, 1.54) is 58.5 Å². The summed E-state index contributed by atoms with van der Waals surface area (Å²) < 4.78 is 0. The molecule has 0 aromatic carbocycles. The molecule has 0 bridgehead atoms. The van der Waals surface area contributed by atoms with Gasteiger partial charge in [0.25, 0.3) is 0 Å². The summed E-state index contributed by atoms with van der Waals surface area (Å²) in [5.74, 6) is 0.808. The number of nitrogens with two attached hydrogens (primary N) is 1. The smallest absolute Gasteiger partial charge is 0.0110 e. The summed E-state index contributed by atoms with van der Waals surface area (Å²) in [5.41, 5.74) is 5.64. The monoisotopic (exact) mass is 227 g/mol. The van der Waals surface area contributed by atoms with E-state index >= 15 is 0 Å². The minimum atomic E-state index is 0.808. The van der Waals surface area contributed by atoms with Crippen LogP contribution in [0.15, 0.2) is 0 Å². The van der Waals surface area contributed by atoms with Crippen molar-refractivity contribution in [2.45, 2.75) is 33.1 Å². The van der Waals surface area contributed by atoms with Gasteiger partial charge in [0, 0.05) is 32.7 Å². The molecule has 1 rings (SSSR count). The molecule has 0 saturated carbocycles. The highest BCUT2D eigenvalue weighted by atomic mass is 15.3. The normalized spacial score (nSPS) is 21.2. The number of nitrogens with zero attached hydrogens (tertiary/aromatic N) is 2. The highest BCUT2D eigenvalue weighted by Gasteiger charge is 2.18. The largest absolute Gasteiger partial charge is 0.330 e. The van der Waals surface area contributed by atoms with Gasteiger partial charge >= 0.3 is 0 Å². The number of hydrogen-bond donors (Lipinski definition) is 1. The van der Waals surface area contributed by atoms with E-state index in [0.717, 1.165) is 12.5 Å². The fraction of sp³-hybridized carbons (Fsp3) is 1.00. The molecule has 0 spiro atoms. The highest BCUT2D eigenvalue weighted by molar-refractivity contribution is 4.74. The summed E-state index contributed by atoms with van der Waals surface area (Å²) in [6.45, 7) is 12.9. The molecule has 0 aromatic rings. The van der Waals surface area contributed by atoms with Gasteiger partial charge in [-0.25, -0.2) is 0 Å². The lowest BCUT2D eigenvalue weighted by Crippen LogP contribution is -2.47. The Morgan fingerprint density at radius 3 is 2.19 bits per heavy atom. The Morgan fingerprint density at radius 2 is 1.69 bits per heavy atom. The van der Waals surface area contributed by atoms with Crippen molar-refractivity contribution in [3.8, 4) is 0 Å². The van der Waals surface area contributed by atoms with E-state index in [-0.39, 0.29) is 0 Å². The summed E-state index contributed by atoms with van der Waals surface area (Å²) in [5, 5.41) is 0. The first-order valence-corrected chi connectivity index (χ1v) is 6.94. The standard InChI is InChI=1S/C13H29N3/c1-3-7-15-8-10-16(11-9-15)12-13(4-2)5-6-14/h13H,3-12,14H2,1-2H3. The maximum atomic E-state index is 5.64. The van der Waals surface area contributed by atoms with Gasteiger partial charge in [0.15, 0.2) is 0 Å². The van der Waals surface area contributed by atoms with Crippen LogP contribution in [0.3, 0.4) is 0 Å². The first-order chi connectivity index (χ1) is 7.80. The Kier molecular flexibility index (Phi) is 7.01. The third-order valence-electron chi connectivity index (χ3n) is 3.67. The first-order valence-electron chi connectivity index (χ1n) is 6.94. The Labute approximate surface area is 101 Å². The molecule has 1 unspecified atom stereocenters. The number of piperazine rings is 1. The van der Waals surface area contributed by atoms with Crippen molar-refractivity contribution in [2.75, 3.05) is 45.8 Å². The summed E-state index contributed by atoms with van der Waals surface area (Å²) in [4.78, 5) is 5.20. The first kappa shape index (κ1) is 13.9. The molecule has 0 aliphatic carbocycles. The number of hydrogen-bond acceptors (Lipinski definition) is 3. The zero-order chi connectivity index (χ0) is 11.8. The fourth-order valence-corrected chi connectivity index (χ4v) is 2.54. The van der Waals surface area contributed by atoms with Crippen molar-refractivity contribution in [3.63, 3.8) is 0 Å². The average molecular weight is 227 g/mol. The predicted molar refractivity (Wildman–Crippen MR) is 70.6 cm³/mol. The van der Waals surface area contributed by atoms with Crippen molar-refractivity contribution in [1.82, 2.24) is 9.80 Å². The highest BCUT2D eigenvalue weighted by Crippen LogP contribution is 2.11. The van der Waals surface area contributed by atoms with Crippen LogP contribution in [-0.4, -0.2) is 55.6 Å². The van der Waals surface area contributed by atoms with Crippen LogP contribution in [0.25, 0.3) is 0 Å². The molecule has 1 atom stereocenters. The van der Waals surface area contributed by atoms with Gasteiger partial charge in [0.05, 0.1) is 0 Å².